The topological polar surface area (TPSA) is 55.8 Å². The highest BCUT2D eigenvalue weighted by atomic mass is 35.5. The van der Waals surface area contributed by atoms with Crippen molar-refractivity contribution in [2.24, 2.45) is 5.92 Å². The lowest BCUT2D eigenvalue weighted by Gasteiger charge is -2.32. The fourth-order valence-corrected chi connectivity index (χ4v) is 4.39. The summed E-state index contributed by atoms with van der Waals surface area (Å²) >= 11 is 6.19. The quantitative estimate of drug-likeness (QED) is 0.155. The molecule has 1 fully saturated rings. The Morgan fingerprint density at radius 1 is 1.23 bits per heavy atom. The lowest BCUT2D eigenvalue weighted by molar-refractivity contribution is -0.104. The van der Waals surface area contributed by atoms with Gasteiger partial charge in [-0.05, 0) is 81.7 Å². The van der Waals surface area contributed by atoms with Crippen LogP contribution in [0.4, 0.5) is 0 Å². The number of Topliss-reactive ketones (excluding diaryl/α,β-unsaturated/α-hetero) is 1. The first kappa shape index (κ1) is 25.2. The number of ether oxygens (including phenoxy) is 2. The van der Waals surface area contributed by atoms with Crippen LogP contribution in [0.3, 0.4) is 0 Å². The third-order valence-corrected chi connectivity index (χ3v) is 6.42. The van der Waals surface area contributed by atoms with Crippen LogP contribution in [0.2, 0.25) is 5.02 Å². The van der Waals surface area contributed by atoms with Crippen LogP contribution >= 0.6 is 11.6 Å². The molecule has 1 aliphatic rings. The van der Waals surface area contributed by atoms with E-state index in [1.165, 1.54) is 25.8 Å². The molecule has 6 heteroatoms. The Morgan fingerprint density at radius 3 is 2.45 bits per heavy atom. The van der Waals surface area contributed by atoms with Crippen LogP contribution in [0, 0.1) is 5.92 Å². The summed E-state index contributed by atoms with van der Waals surface area (Å²) in [5.41, 5.74) is 1.61. The van der Waals surface area contributed by atoms with Crippen molar-refractivity contribution in [3.05, 3.63) is 52.4 Å². The van der Waals surface area contributed by atoms with E-state index in [-0.39, 0.29) is 5.78 Å². The van der Waals surface area contributed by atoms with E-state index in [4.69, 9.17) is 21.1 Å². The second-order valence-electron chi connectivity index (χ2n) is 8.29. The molecule has 0 aromatic heterocycles. The van der Waals surface area contributed by atoms with E-state index in [9.17, 15) is 9.59 Å². The van der Waals surface area contributed by atoms with Crippen molar-refractivity contribution in [1.29, 1.82) is 0 Å². The number of nitrogens with zero attached hydrogens (tertiary/aromatic N) is 1. The molecule has 0 saturated heterocycles. The highest BCUT2D eigenvalue weighted by molar-refractivity contribution is 6.31. The molecule has 1 unspecified atom stereocenters. The van der Waals surface area contributed by atoms with E-state index in [0.717, 1.165) is 19.3 Å². The Balaban J connectivity index is 2.25. The molecule has 1 aliphatic carbocycles. The van der Waals surface area contributed by atoms with Gasteiger partial charge in [0.2, 0.25) is 0 Å². The number of hydrogen-bond donors (Lipinski definition) is 0. The molecule has 5 nitrogen and oxygen atoms in total. The number of carbonyl (C=O) groups excluding carboxylic acids is 2. The third-order valence-electron chi connectivity index (χ3n) is 6.19. The molecule has 1 saturated carbocycles. The number of benzene rings is 1. The molecular weight excluding hydrogens is 414 g/mol. The molecule has 1 aromatic carbocycles. The first-order chi connectivity index (χ1) is 14.8. The minimum absolute atomic E-state index is 0.104. The van der Waals surface area contributed by atoms with Gasteiger partial charge in [0.05, 0.1) is 13.2 Å². The lowest BCUT2D eigenvalue weighted by atomic mass is 9.83. The number of ketones is 1. The Labute approximate surface area is 191 Å². The van der Waals surface area contributed by atoms with Gasteiger partial charge in [0.15, 0.2) is 5.78 Å². The van der Waals surface area contributed by atoms with E-state index in [0.29, 0.717) is 51.8 Å². The molecule has 1 atom stereocenters. The second kappa shape index (κ2) is 12.1. The molecule has 0 spiro atoms. The van der Waals surface area contributed by atoms with Crippen molar-refractivity contribution in [3.8, 4) is 0 Å². The Hall–Kier alpha value is -2.11. The molecule has 170 valence electrons. The van der Waals surface area contributed by atoms with Crippen LogP contribution in [-0.4, -0.2) is 50.4 Å². The van der Waals surface area contributed by atoms with Gasteiger partial charge in [-0.1, -0.05) is 11.6 Å². The predicted octanol–water partition coefficient (Wildman–Crippen LogP) is 5.53. The summed E-state index contributed by atoms with van der Waals surface area (Å²) in [5.74, 6) is 1.08. The zero-order chi connectivity index (χ0) is 23.0. The minimum Gasteiger partial charge on any atom is -0.495 e. The van der Waals surface area contributed by atoms with Gasteiger partial charge in [0.1, 0.15) is 12.0 Å². The smallest absolute Gasteiger partial charge is 0.160 e. The summed E-state index contributed by atoms with van der Waals surface area (Å²) in [7, 11) is 5.36. The van der Waals surface area contributed by atoms with Crippen LogP contribution in [-0.2, 0) is 14.3 Å². The number of methoxy groups -OCH3 is 2. The van der Waals surface area contributed by atoms with Crippen molar-refractivity contribution in [2.45, 2.75) is 58.1 Å². The zero-order valence-electron chi connectivity index (χ0n) is 19.2. The van der Waals surface area contributed by atoms with E-state index >= 15 is 0 Å². The maximum Gasteiger partial charge on any atom is 0.160 e. The highest BCUT2D eigenvalue weighted by Crippen LogP contribution is 2.32. The molecule has 0 amide bonds. The number of hydrogen-bond acceptors (Lipinski definition) is 5. The van der Waals surface area contributed by atoms with Crippen LogP contribution in [0.1, 0.15) is 61.9 Å². The SMILES string of the molecule is COC(=C/N(C)C(C)CC1CCC(OC)CC1)/C(=C\C=O)c1cc(Cl)ccc1C(C)=O. The number of halogens is 1. The number of allylic oxidation sites excluding steroid dienone is 2. The van der Waals surface area contributed by atoms with Gasteiger partial charge in [0.25, 0.3) is 0 Å². The summed E-state index contributed by atoms with van der Waals surface area (Å²) in [5, 5.41) is 0.487. The molecule has 0 aliphatic heterocycles. The van der Waals surface area contributed by atoms with Crippen molar-refractivity contribution >= 4 is 29.2 Å². The average Bonchev–Trinajstić information content (AvgIpc) is 2.76. The van der Waals surface area contributed by atoms with Crippen molar-refractivity contribution in [1.82, 2.24) is 4.90 Å². The molecule has 0 bridgehead atoms. The molecule has 31 heavy (non-hydrogen) atoms. The fraction of sp³-hybridized carbons (Fsp3) is 0.520. The summed E-state index contributed by atoms with van der Waals surface area (Å²) < 4.78 is 11.1. The van der Waals surface area contributed by atoms with Gasteiger partial charge in [0, 0.05) is 42.6 Å². The Morgan fingerprint density at radius 2 is 1.90 bits per heavy atom. The highest BCUT2D eigenvalue weighted by Gasteiger charge is 2.24. The van der Waals surface area contributed by atoms with Gasteiger partial charge in [-0.25, -0.2) is 0 Å². The van der Waals surface area contributed by atoms with E-state index in [1.807, 2.05) is 13.2 Å². The maximum atomic E-state index is 12.2. The van der Waals surface area contributed by atoms with Gasteiger partial charge < -0.3 is 14.4 Å². The van der Waals surface area contributed by atoms with Gasteiger partial charge in [-0.15, -0.1) is 0 Å². The van der Waals surface area contributed by atoms with Crippen LogP contribution in [0.15, 0.2) is 36.2 Å². The third kappa shape index (κ3) is 6.94. The zero-order valence-corrected chi connectivity index (χ0v) is 19.9. The van der Waals surface area contributed by atoms with Crippen LogP contribution in [0.5, 0.6) is 0 Å². The average molecular weight is 448 g/mol. The standard InChI is InChI=1S/C25H34ClNO4/c1-17(14-19-6-9-21(30-4)10-7-19)27(3)16-25(31-5)23(12-13-28)24-15-20(26)8-11-22(24)18(2)29/h8,11-13,15-17,19,21H,6-7,9-10,14H2,1-5H3/b23-12-,25-16+. The second-order valence-corrected chi connectivity index (χ2v) is 8.73. The summed E-state index contributed by atoms with van der Waals surface area (Å²) in [6, 6.07) is 5.33. The summed E-state index contributed by atoms with van der Waals surface area (Å²) in [6.45, 7) is 3.68. The summed E-state index contributed by atoms with van der Waals surface area (Å²) in [4.78, 5) is 25.7. The predicted molar refractivity (Wildman–Crippen MR) is 125 cm³/mol. The number of aldehydes is 1. The first-order valence-electron chi connectivity index (χ1n) is 10.8. The number of carbonyl (C=O) groups is 2. The van der Waals surface area contributed by atoms with E-state index < -0.39 is 0 Å². The fourth-order valence-electron chi connectivity index (χ4n) is 4.22. The molecular formula is C25H34ClNO4. The van der Waals surface area contributed by atoms with E-state index in [1.54, 1.807) is 32.4 Å². The summed E-state index contributed by atoms with van der Waals surface area (Å²) in [6.07, 6.45) is 10.1. The number of rotatable bonds is 10. The largest absolute Gasteiger partial charge is 0.495 e. The van der Waals surface area contributed by atoms with Crippen LogP contribution < -0.4 is 0 Å². The maximum absolute atomic E-state index is 12.2. The van der Waals surface area contributed by atoms with Gasteiger partial charge in [-0.2, -0.15) is 0 Å². The molecule has 0 N–H and O–H groups in total. The molecule has 0 radical (unpaired) electrons. The van der Waals surface area contributed by atoms with Crippen LogP contribution in [0.25, 0.3) is 5.57 Å². The van der Waals surface area contributed by atoms with Crippen molar-refractivity contribution in [2.75, 3.05) is 21.3 Å². The van der Waals surface area contributed by atoms with Crippen molar-refractivity contribution < 1.29 is 19.1 Å². The molecule has 1 aromatic rings. The Kier molecular flexibility index (Phi) is 9.79. The Bertz CT molecular complexity index is 825. The normalized spacial score (nSPS) is 20.8. The monoisotopic (exact) mass is 447 g/mol. The lowest BCUT2D eigenvalue weighted by Crippen LogP contribution is -2.29. The van der Waals surface area contributed by atoms with Gasteiger partial charge in [-0.3, -0.25) is 9.59 Å². The first-order valence-corrected chi connectivity index (χ1v) is 11.2. The van der Waals surface area contributed by atoms with Crippen molar-refractivity contribution in [3.63, 3.8) is 0 Å². The van der Waals surface area contributed by atoms with Gasteiger partial charge >= 0.3 is 0 Å². The minimum atomic E-state index is -0.104. The molecule has 2 rings (SSSR count). The molecule has 0 heterocycles. The van der Waals surface area contributed by atoms with E-state index in [2.05, 4.69) is 11.8 Å².